The topological polar surface area (TPSA) is 77.2 Å². The number of amides is 3. The van der Waals surface area contributed by atoms with Gasteiger partial charge in [-0.3, -0.25) is 4.79 Å². The highest BCUT2D eigenvalue weighted by atomic mass is 19.4. The lowest BCUT2D eigenvalue weighted by atomic mass is 10.0. The van der Waals surface area contributed by atoms with E-state index < -0.39 is 17.8 Å². The lowest BCUT2D eigenvalue weighted by Crippen LogP contribution is -2.21. The molecule has 0 atom stereocenters. The molecule has 0 fully saturated rings. The van der Waals surface area contributed by atoms with Crippen molar-refractivity contribution in [2.45, 2.75) is 6.18 Å². The number of carbonyl (C=O) groups excluding carboxylic acids is 2. The molecule has 0 saturated carbocycles. The number of aromatic nitrogens is 1. The number of fused-ring (bicyclic) bond motifs is 1. The zero-order valence-electron chi connectivity index (χ0n) is 18.3. The number of nitrogens with zero attached hydrogens (tertiary/aromatic N) is 1. The molecule has 3 aromatic carbocycles. The molecule has 34 heavy (non-hydrogen) atoms. The number of benzene rings is 3. The summed E-state index contributed by atoms with van der Waals surface area (Å²) < 4.78 is 38.1. The molecule has 1 heterocycles. The van der Waals surface area contributed by atoms with Crippen LogP contribution in [0.1, 0.15) is 15.9 Å². The Morgan fingerprint density at radius 1 is 0.853 bits per heavy atom. The highest BCUT2D eigenvalue weighted by molar-refractivity contribution is 6.06. The maximum atomic E-state index is 12.7. The van der Waals surface area contributed by atoms with Crippen LogP contribution in [-0.2, 0) is 6.18 Å². The van der Waals surface area contributed by atoms with Gasteiger partial charge >= 0.3 is 12.2 Å². The summed E-state index contributed by atoms with van der Waals surface area (Å²) in [4.78, 5) is 29.1. The first-order valence-corrected chi connectivity index (χ1v) is 10.3. The van der Waals surface area contributed by atoms with Gasteiger partial charge in [0, 0.05) is 42.4 Å². The van der Waals surface area contributed by atoms with E-state index >= 15 is 0 Å². The molecule has 4 aromatic rings. The maximum absolute atomic E-state index is 12.7. The fourth-order valence-corrected chi connectivity index (χ4v) is 3.49. The van der Waals surface area contributed by atoms with Gasteiger partial charge in [-0.15, -0.1) is 0 Å². The second-order valence-electron chi connectivity index (χ2n) is 7.89. The minimum atomic E-state index is -4.44. The van der Waals surface area contributed by atoms with Crippen LogP contribution >= 0.6 is 0 Å². The fourth-order valence-electron chi connectivity index (χ4n) is 3.49. The Kier molecular flexibility index (Phi) is 6.02. The molecule has 4 rings (SSSR count). The highest BCUT2D eigenvalue weighted by Crippen LogP contribution is 2.31. The van der Waals surface area contributed by atoms with Crippen LogP contribution in [0.3, 0.4) is 0 Å². The van der Waals surface area contributed by atoms with Crippen molar-refractivity contribution in [3.63, 3.8) is 0 Å². The van der Waals surface area contributed by atoms with Crippen molar-refractivity contribution < 1.29 is 22.8 Å². The van der Waals surface area contributed by atoms with E-state index in [4.69, 9.17) is 0 Å². The molecule has 3 N–H and O–H groups in total. The number of alkyl halides is 3. The molecule has 174 valence electrons. The van der Waals surface area contributed by atoms with Crippen LogP contribution in [0.5, 0.6) is 0 Å². The van der Waals surface area contributed by atoms with Crippen molar-refractivity contribution in [2.75, 3.05) is 24.7 Å². The van der Waals surface area contributed by atoms with Gasteiger partial charge in [0.25, 0.3) is 5.91 Å². The highest BCUT2D eigenvalue weighted by Gasteiger charge is 2.30. The van der Waals surface area contributed by atoms with Gasteiger partial charge in [-0.25, -0.2) is 4.79 Å². The normalized spacial score (nSPS) is 11.3. The average molecular weight is 466 g/mol. The molecule has 0 aliphatic carbocycles. The van der Waals surface area contributed by atoms with Crippen LogP contribution in [0.2, 0.25) is 0 Å². The largest absolute Gasteiger partial charge is 0.416 e. The van der Waals surface area contributed by atoms with Crippen molar-refractivity contribution in [2.24, 2.45) is 0 Å². The fraction of sp³-hybridized carbons (Fsp3) is 0.120. The Morgan fingerprint density at radius 3 is 2.12 bits per heavy atom. The summed E-state index contributed by atoms with van der Waals surface area (Å²) in [5.41, 5.74) is 3.13. The van der Waals surface area contributed by atoms with Crippen LogP contribution in [0, 0.1) is 0 Å². The average Bonchev–Trinajstić information content (AvgIpc) is 3.20. The van der Waals surface area contributed by atoms with E-state index in [9.17, 15) is 22.8 Å². The predicted octanol–water partition coefficient (Wildman–Crippen LogP) is 6.20. The first-order valence-electron chi connectivity index (χ1n) is 10.3. The van der Waals surface area contributed by atoms with Crippen molar-refractivity contribution >= 4 is 34.2 Å². The molecule has 1 aromatic heterocycles. The Morgan fingerprint density at radius 2 is 1.50 bits per heavy atom. The molecule has 0 unspecified atom stereocenters. The van der Waals surface area contributed by atoms with E-state index in [0.29, 0.717) is 11.3 Å². The summed E-state index contributed by atoms with van der Waals surface area (Å²) in [6.07, 6.45) is -2.80. The third-order valence-electron chi connectivity index (χ3n) is 5.27. The number of H-pyrrole nitrogens is 1. The van der Waals surface area contributed by atoms with Crippen molar-refractivity contribution in [3.8, 4) is 11.1 Å². The molecular formula is C25H21F3N4O2. The second-order valence-corrected chi connectivity index (χ2v) is 7.89. The van der Waals surface area contributed by atoms with Gasteiger partial charge in [0.2, 0.25) is 0 Å². The van der Waals surface area contributed by atoms with E-state index in [1.54, 1.807) is 32.4 Å². The molecule has 0 spiro atoms. The molecule has 3 amide bonds. The summed E-state index contributed by atoms with van der Waals surface area (Å²) in [6.45, 7) is 0. The summed E-state index contributed by atoms with van der Waals surface area (Å²) in [5, 5.41) is 6.01. The van der Waals surface area contributed by atoms with Crippen molar-refractivity contribution in [3.05, 3.63) is 84.1 Å². The molecule has 0 radical (unpaired) electrons. The minimum Gasteiger partial charge on any atom is -0.359 e. The number of anilines is 2. The van der Waals surface area contributed by atoms with Crippen molar-refractivity contribution in [1.29, 1.82) is 0 Å². The van der Waals surface area contributed by atoms with E-state index in [-0.39, 0.29) is 11.6 Å². The maximum Gasteiger partial charge on any atom is 0.416 e. The van der Waals surface area contributed by atoms with Crippen LogP contribution in [0.4, 0.5) is 29.3 Å². The second kappa shape index (κ2) is 8.93. The van der Waals surface area contributed by atoms with Gasteiger partial charge in [0.15, 0.2) is 0 Å². The summed E-state index contributed by atoms with van der Waals surface area (Å²) >= 11 is 0. The third kappa shape index (κ3) is 4.88. The monoisotopic (exact) mass is 466 g/mol. The number of aromatic amines is 1. The lowest BCUT2D eigenvalue weighted by Gasteiger charge is -2.11. The van der Waals surface area contributed by atoms with Crippen LogP contribution < -0.4 is 10.6 Å². The van der Waals surface area contributed by atoms with E-state index in [0.717, 1.165) is 34.2 Å². The van der Waals surface area contributed by atoms with Gasteiger partial charge < -0.3 is 20.5 Å². The van der Waals surface area contributed by atoms with E-state index in [1.807, 2.05) is 30.3 Å². The quantitative estimate of drug-likeness (QED) is 0.335. The molecular weight excluding hydrogens is 445 g/mol. The molecule has 6 nitrogen and oxygen atoms in total. The first kappa shape index (κ1) is 22.9. The number of halogens is 3. The number of urea groups is 1. The minimum absolute atomic E-state index is 0.0850. The Bertz CT molecular complexity index is 1340. The number of carbonyl (C=O) groups is 2. The summed E-state index contributed by atoms with van der Waals surface area (Å²) in [5.74, 6) is -0.0850. The number of nitrogens with one attached hydrogen (secondary N) is 3. The smallest absolute Gasteiger partial charge is 0.359 e. The van der Waals surface area contributed by atoms with Gasteiger partial charge in [-0.1, -0.05) is 18.2 Å². The number of hydrogen-bond donors (Lipinski definition) is 3. The third-order valence-corrected chi connectivity index (χ3v) is 5.27. The SMILES string of the molecule is CN(C)C(=O)c1ccc(-c2ccc3[nH]cc(NC(=O)Nc4ccc(C(F)(F)F)cc4)c3c2)cc1. The zero-order chi connectivity index (χ0) is 24.5. The van der Waals surface area contributed by atoms with Crippen LogP contribution in [0.25, 0.3) is 22.0 Å². The number of hydrogen-bond acceptors (Lipinski definition) is 2. The van der Waals surface area contributed by atoms with E-state index in [1.165, 1.54) is 17.0 Å². The van der Waals surface area contributed by atoms with Crippen LogP contribution in [0.15, 0.2) is 72.9 Å². The molecule has 0 aliphatic rings. The molecule has 0 saturated heterocycles. The van der Waals surface area contributed by atoms with Crippen molar-refractivity contribution in [1.82, 2.24) is 9.88 Å². The van der Waals surface area contributed by atoms with E-state index in [2.05, 4.69) is 15.6 Å². The van der Waals surface area contributed by atoms with Gasteiger partial charge in [0.05, 0.1) is 11.3 Å². The molecule has 0 bridgehead atoms. The lowest BCUT2D eigenvalue weighted by molar-refractivity contribution is -0.137. The zero-order valence-corrected chi connectivity index (χ0v) is 18.3. The Hall–Kier alpha value is -4.27. The standard InChI is InChI=1S/C25H21F3N4O2/c1-32(2)23(33)16-5-3-15(4-6-16)17-7-12-21-20(13-17)22(14-29-21)31-24(34)30-19-10-8-18(9-11-19)25(26,27)28/h3-14,29H,1-2H3,(H2,30,31,34). The summed E-state index contributed by atoms with van der Waals surface area (Å²) in [7, 11) is 3.39. The Labute approximate surface area is 193 Å². The predicted molar refractivity (Wildman–Crippen MR) is 126 cm³/mol. The van der Waals surface area contributed by atoms with Crippen LogP contribution in [-0.4, -0.2) is 35.9 Å². The molecule has 0 aliphatic heterocycles. The van der Waals surface area contributed by atoms with Gasteiger partial charge in [0.1, 0.15) is 0 Å². The summed E-state index contributed by atoms with van der Waals surface area (Å²) in [6, 6.07) is 16.6. The first-order chi connectivity index (χ1) is 16.1. The van der Waals surface area contributed by atoms with Gasteiger partial charge in [-0.2, -0.15) is 13.2 Å². The Balaban J connectivity index is 1.51. The van der Waals surface area contributed by atoms with Gasteiger partial charge in [-0.05, 0) is 59.7 Å². The molecule has 9 heteroatoms. The number of rotatable bonds is 4.